The Hall–Kier alpha value is 0.853. The zero-order chi connectivity index (χ0) is 0. The minimum atomic E-state index is 0. The molecule has 1 radical (unpaired) electrons. The third-order valence-corrected chi connectivity index (χ3v) is 0. The molecule has 0 saturated heterocycles. The van der Waals surface area contributed by atoms with Gasteiger partial charge in [-0.1, -0.05) is 0 Å². The summed E-state index contributed by atoms with van der Waals surface area (Å²) in [5, 5.41) is 0. The van der Waals surface area contributed by atoms with E-state index >= 15 is 0 Å². The van der Waals surface area contributed by atoms with Gasteiger partial charge in [-0.05, 0) is 0 Å². The second-order valence-electron chi connectivity index (χ2n) is 0. The van der Waals surface area contributed by atoms with E-state index in [-0.39, 0.29) is 51.8 Å². The third kappa shape index (κ3) is 54.3. The van der Waals surface area contributed by atoms with Crippen LogP contribution in [0.4, 0.5) is 0 Å². The maximum absolute atomic E-state index is 0. The Morgan fingerprint density at radius 3 is 0.400 bits per heavy atom. The molecule has 0 saturated carbocycles. The molecule has 0 fully saturated rings. The van der Waals surface area contributed by atoms with Crippen molar-refractivity contribution in [3.63, 3.8) is 0 Å². The summed E-state index contributed by atoms with van der Waals surface area (Å²) in [5.41, 5.74) is 0. The molecule has 0 aliphatic carbocycles. The molecule has 0 atom stereocenters. The summed E-state index contributed by atoms with van der Waals surface area (Å²) < 4.78 is 0. The maximum atomic E-state index is 0. The molecule has 4 N–H and O–H groups in total. The average Bonchev–Trinajstić information content (AvgIpc) is 0. The predicted molar refractivity (Wildman–Crippen MR) is 7.74 cm³/mol. The Balaban J connectivity index is 0. The molecule has 33 valence electrons. The molecule has 0 rings (SSSR count). The van der Waals surface area contributed by atoms with E-state index in [0.29, 0.717) is 0 Å². The van der Waals surface area contributed by atoms with Gasteiger partial charge in [-0.3, -0.25) is 0 Å². The van der Waals surface area contributed by atoms with Crippen molar-refractivity contribution in [1.29, 1.82) is 0 Å². The number of hydrogen-bond acceptors (Lipinski definition) is 4. The average molecular weight is 305 g/mol. The molecule has 4 nitrogen and oxygen atoms in total. The van der Waals surface area contributed by atoms with Crippen LogP contribution in [0, 0.1) is 29.9 Å². The molecule has 0 aliphatic heterocycles. The van der Waals surface area contributed by atoms with E-state index in [0.717, 1.165) is 0 Å². The molecular formula is H4NpO4. The van der Waals surface area contributed by atoms with Crippen molar-refractivity contribution in [3.05, 3.63) is 0 Å². The SMILES string of the molecule is [Np+4].[OH-].[OH-].[OH-].[OH-]. The van der Waals surface area contributed by atoms with Crippen molar-refractivity contribution in [2.24, 2.45) is 0 Å². The molecule has 0 aromatic rings. The number of hydrogen-bond donors (Lipinski definition) is 0. The monoisotopic (exact) mass is 304 g/mol. The summed E-state index contributed by atoms with van der Waals surface area (Å²) in [6.45, 7) is 0. The third-order valence-electron chi connectivity index (χ3n) is 0. The van der Waals surface area contributed by atoms with Crippen molar-refractivity contribution in [1.82, 2.24) is 0 Å². The standard InChI is InChI=1S/Np.4H2O/h;4*1H2/q+4;;;;/p-4. The van der Waals surface area contributed by atoms with Crippen LogP contribution in [0.15, 0.2) is 0 Å². The van der Waals surface area contributed by atoms with Gasteiger partial charge in [-0.2, -0.15) is 0 Å². The van der Waals surface area contributed by atoms with E-state index in [1.165, 1.54) is 0 Å². The van der Waals surface area contributed by atoms with Crippen LogP contribution in [0.1, 0.15) is 0 Å². The van der Waals surface area contributed by atoms with Crippen molar-refractivity contribution in [2.75, 3.05) is 0 Å². The molecule has 5 heavy (non-hydrogen) atoms. The molecule has 0 aromatic heterocycles. The first kappa shape index (κ1) is 189. The van der Waals surface area contributed by atoms with E-state index in [1.54, 1.807) is 0 Å². The van der Waals surface area contributed by atoms with Gasteiger partial charge < -0.3 is 21.9 Å². The van der Waals surface area contributed by atoms with Gasteiger partial charge in [0.05, 0.1) is 0 Å². The summed E-state index contributed by atoms with van der Waals surface area (Å²) >= 11 is 0. The van der Waals surface area contributed by atoms with E-state index in [1.807, 2.05) is 0 Å². The van der Waals surface area contributed by atoms with Gasteiger partial charge in [0.2, 0.25) is 0 Å². The van der Waals surface area contributed by atoms with Crippen molar-refractivity contribution >= 4 is 0 Å². The van der Waals surface area contributed by atoms with Gasteiger partial charge in [0.25, 0.3) is 0 Å². The Morgan fingerprint density at radius 2 is 0.400 bits per heavy atom. The fourth-order valence-electron chi connectivity index (χ4n) is 0. The molecule has 0 amide bonds. The topological polar surface area (TPSA) is 120 Å². The molecule has 0 unspecified atom stereocenters. The van der Waals surface area contributed by atoms with Crippen molar-refractivity contribution in [3.8, 4) is 0 Å². The van der Waals surface area contributed by atoms with Gasteiger partial charge in [0, 0.05) is 0 Å². The smallest absolute Gasteiger partial charge is 0.870 e. The van der Waals surface area contributed by atoms with Gasteiger partial charge in [-0.15, -0.1) is 0 Å². The van der Waals surface area contributed by atoms with E-state index < -0.39 is 0 Å². The van der Waals surface area contributed by atoms with Crippen LogP contribution >= 0.6 is 0 Å². The molecule has 0 heterocycles. The first-order valence-electron chi connectivity index (χ1n) is 0. The Bertz CT molecular complexity index is 3.61. The van der Waals surface area contributed by atoms with Crippen LogP contribution < -0.4 is 0 Å². The first-order valence-corrected chi connectivity index (χ1v) is 0. The van der Waals surface area contributed by atoms with Gasteiger partial charge in [-0.25, -0.2) is 0 Å². The summed E-state index contributed by atoms with van der Waals surface area (Å²) in [4.78, 5) is 0. The fourth-order valence-corrected chi connectivity index (χ4v) is 0. The number of rotatable bonds is 0. The van der Waals surface area contributed by atoms with E-state index in [9.17, 15) is 0 Å². The van der Waals surface area contributed by atoms with Crippen LogP contribution in [-0.2, 0) is 0 Å². The molecule has 0 spiro atoms. The zero-order valence-corrected chi connectivity index (χ0v) is 5.96. The predicted octanol–water partition coefficient (Wildman–Crippen LogP) is -0.707. The second-order valence-corrected chi connectivity index (χ2v) is 0. The molecule has 5 heteroatoms. The Morgan fingerprint density at radius 1 is 0.400 bits per heavy atom. The van der Waals surface area contributed by atoms with Gasteiger partial charge >= 0.3 is 29.9 Å². The molecular weight excluding hydrogens is 301 g/mol. The van der Waals surface area contributed by atoms with E-state index in [2.05, 4.69) is 0 Å². The summed E-state index contributed by atoms with van der Waals surface area (Å²) in [6.07, 6.45) is 0. The first-order chi connectivity index (χ1) is 0. The normalized spacial score (nSPS) is 0. The minimum absolute atomic E-state index is 0. The van der Waals surface area contributed by atoms with Crippen LogP contribution in [-0.4, -0.2) is 21.9 Å². The van der Waals surface area contributed by atoms with Gasteiger partial charge in [0.1, 0.15) is 0 Å². The van der Waals surface area contributed by atoms with Crippen LogP contribution in [0.5, 0.6) is 0 Å². The summed E-state index contributed by atoms with van der Waals surface area (Å²) in [7, 11) is 0. The maximum Gasteiger partial charge on any atom is 4.00 e. The Labute approximate surface area is 52.1 Å². The van der Waals surface area contributed by atoms with Crippen LogP contribution in [0.3, 0.4) is 0 Å². The fraction of sp³-hybridized carbons (Fsp3) is 0. The van der Waals surface area contributed by atoms with Crippen molar-refractivity contribution in [2.45, 2.75) is 0 Å². The molecule has 0 bridgehead atoms. The van der Waals surface area contributed by atoms with Crippen LogP contribution in [0.25, 0.3) is 0 Å². The minimum Gasteiger partial charge on any atom is -0.870 e. The van der Waals surface area contributed by atoms with E-state index in [4.69, 9.17) is 0 Å². The summed E-state index contributed by atoms with van der Waals surface area (Å²) in [5.74, 6) is 0. The molecule has 0 aliphatic rings. The van der Waals surface area contributed by atoms with Gasteiger partial charge in [0.15, 0.2) is 0 Å². The Kier molecular flexibility index (Phi) is 3750. The zero-order valence-electron chi connectivity index (χ0n) is 2.24. The summed E-state index contributed by atoms with van der Waals surface area (Å²) in [6, 6.07) is 0. The van der Waals surface area contributed by atoms with Crippen LogP contribution in [0.2, 0.25) is 0 Å². The second kappa shape index (κ2) is 99.0. The largest absolute Gasteiger partial charge is 4.00 e. The molecule has 0 aromatic carbocycles. The van der Waals surface area contributed by atoms with Crippen molar-refractivity contribution < 1.29 is 51.8 Å². The quantitative estimate of drug-likeness (QED) is 0.587.